The van der Waals surface area contributed by atoms with E-state index in [1.165, 1.54) is 13.2 Å². The first kappa shape index (κ1) is 31.7. The zero-order valence-corrected chi connectivity index (χ0v) is 27.2. The number of aromatic amines is 1. The molecular weight excluding hydrogens is 620 g/mol. The third kappa shape index (κ3) is 6.12. The molecule has 0 saturated carbocycles. The number of halogens is 2. The maximum Gasteiger partial charge on any atom is 0.270 e. The van der Waals surface area contributed by atoms with Crippen molar-refractivity contribution in [2.75, 3.05) is 64.9 Å². The van der Waals surface area contributed by atoms with Gasteiger partial charge >= 0.3 is 0 Å². The Morgan fingerprint density at radius 1 is 1.06 bits per heavy atom. The Morgan fingerprint density at radius 3 is 2.62 bits per heavy atom. The van der Waals surface area contributed by atoms with Crippen LogP contribution in [0.1, 0.15) is 53.3 Å². The molecule has 6 heterocycles. The Kier molecular flexibility index (Phi) is 8.82. The average Bonchev–Trinajstić information content (AvgIpc) is 3.89. The van der Waals surface area contributed by atoms with E-state index in [0.29, 0.717) is 86.0 Å². The average molecular weight is 660 g/mol. The highest BCUT2D eigenvalue weighted by atomic mass is 19.1. The quantitative estimate of drug-likeness (QED) is 0.303. The number of ether oxygens (including phenoxy) is 1. The van der Waals surface area contributed by atoms with Crippen molar-refractivity contribution >= 4 is 34.1 Å². The molecule has 12 nitrogen and oxygen atoms in total. The van der Waals surface area contributed by atoms with Gasteiger partial charge in [0.2, 0.25) is 5.91 Å². The summed E-state index contributed by atoms with van der Waals surface area (Å²) in [5.41, 5.74) is 2.84. The Labute approximate surface area is 276 Å². The van der Waals surface area contributed by atoms with E-state index in [9.17, 15) is 14.0 Å². The number of aromatic nitrogens is 5. The number of likely N-dealkylation sites (tertiary alicyclic amines) is 1. The molecule has 4 aromatic rings. The topological polar surface area (TPSA) is 116 Å². The van der Waals surface area contributed by atoms with E-state index in [2.05, 4.69) is 32.2 Å². The summed E-state index contributed by atoms with van der Waals surface area (Å²) in [6.07, 6.45) is 9.34. The van der Waals surface area contributed by atoms with Gasteiger partial charge in [-0.3, -0.25) is 19.2 Å². The number of anilines is 1. The lowest BCUT2D eigenvalue weighted by Crippen LogP contribution is -2.49. The van der Waals surface area contributed by atoms with Crippen molar-refractivity contribution in [1.29, 1.82) is 0 Å². The summed E-state index contributed by atoms with van der Waals surface area (Å²) < 4.78 is 37.2. The van der Waals surface area contributed by atoms with E-state index in [-0.39, 0.29) is 24.3 Å². The van der Waals surface area contributed by atoms with E-state index in [0.717, 1.165) is 36.7 Å². The van der Waals surface area contributed by atoms with Crippen LogP contribution in [0.5, 0.6) is 5.75 Å². The smallest absolute Gasteiger partial charge is 0.270 e. The fourth-order valence-electron chi connectivity index (χ4n) is 7.18. The number of carbonyl (C=O) groups is 2. The molecule has 0 bridgehead atoms. The second-order valence-electron chi connectivity index (χ2n) is 12.6. The highest BCUT2D eigenvalue weighted by molar-refractivity contribution is 6.00. The lowest BCUT2D eigenvalue weighted by molar-refractivity contribution is -0.131. The summed E-state index contributed by atoms with van der Waals surface area (Å²) in [5, 5.41) is 8.44. The number of benzene rings is 1. The van der Waals surface area contributed by atoms with Gasteiger partial charge in [-0.05, 0) is 56.1 Å². The molecule has 48 heavy (non-hydrogen) atoms. The monoisotopic (exact) mass is 659 g/mol. The van der Waals surface area contributed by atoms with Crippen LogP contribution in [-0.2, 0) is 11.3 Å². The van der Waals surface area contributed by atoms with Gasteiger partial charge < -0.3 is 24.4 Å². The van der Waals surface area contributed by atoms with E-state index in [1.807, 2.05) is 17.0 Å². The van der Waals surface area contributed by atoms with Crippen molar-refractivity contribution < 1.29 is 23.1 Å². The lowest BCUT2D eigenvalue weighted by Gasteiger charge is -2.35. The fourth-order valence-corrected chi connectivity index (χ4v) is 7.18. The highest BCUT2D eigenvalue weighted by Gasteiger charge is 2.31. The van der Waals surface area contributed by atoms with Crippen LogP contribution >= 0.6 is 0 Å². The van der Waals surface area contributed by atoms with Crippen molar-refractivity contribution in [2.24, 2.45) is 0 Å². The first-order valence-corrected chi connectivity index (χ1v) is 16.4. The van der Waals surface area contributed by atoms with Crippen LogP contribution in [0.2, 0.25) is 0 Å². The molecule has 0 spiro atoms. The Hall–Kier alpha value is -4.85. The number of piperazine rings is 1. The van der Waals surface area contributed by atoms with Gasteiger partial charge in [0.25, 0.3) is 5.91 Å². The second kappa shape index (κ2) is 13.3. The number of aryl methyl sites for hydroxylation is 1. The molecule has 3 aromatic heterocycles. The molecule has 2 fully saturated rings. The minimum atomic E-state index is -0.480. The van der Waals surface area contributed by atoms with E-state index in [1.54, 1.807) is 32.9 Å². The van der Waals surface area contributed by atoms with Gasteiger partial charge in [-0.1, -0.05) is 11.3 Å². The second-order valence-corrected chi connectivity index (χ2v) is 12.6. The van der Waals surface area contributed by atoms with Crippen LogP contribution in [0.3, 0.4) is 0 Å². The van der Waals surface area contributed by atoms with Crippen molar-refractivity contribution in [3.63, 3.8) is 0 Å². The maximum absolute atomic E-state index is 16.6. The van der Waals surface area contributed by atoms with Crippen molar-refractivity contribution in [3.8, 4) is 5.75 Å². The Morgan fingerprint density at radius 2 is 1.90 bits per heavy atom. The van der Waals surface area contributed by atoms with E-state index >= 15 is 4.39 Å². The third-order valence-electron chi connectivity index (χ3n) is 9.76. The fraction of sp³-hybridized carbons (Fsp3) is 0.441. The summed E-state index contributed by atoms with van der Waals surface area (Å²) in [6.45, 7) is 4.04. The number of nitrogens with one attached hydrogen (secondary N) is 1. The largest absolute Gasteiger partial charge is 0.493 e. The number of H-pyrrole nitrogens is 1. The van der Waals surface area contributed by atoms with Crippen LogP contribution in [-0.4, -0.2) is 111 Å². The van der Waals surface area contributed by atoms with E-state index < -0.39 is 11.6 Å². The van der Waals surface area contributed by atoms with Gasteiger partial charge in [0.1, 0.15) is 11.5 Å². The Bertz CT molecular complexity index is 1850. The molecule has 2 saturated heterocycles. The lowest BCUT2D eigenvalue weighted by atomic mass is 9.92. The standard InChI is InChI=1S/C34H39F2N9O3/c1-41-9-4-6-28(41)25-18-24(22-5-3-10-44(21-22)30(46)7-11-45-12-8-38-40-45)31(36)32-26(25)19-27(39-32)34(47)43-15-13-42(14-16-43)33-29(48-2)17-23(35)20-37-33/h5,8,12,17-20,28,39H,3-4,6-7,9-11,13-16,21H2,1-2H3/t28-/m1/s1. The van der Waals surface area contributed by atoms with Gasteiger partial charge in [0, 0.05) is 74.9 Å². The first-order chi connectivity index (χ1) is 23.3. The van der Waals surface area contributed by atoms with Crippen molar-refractivity contribution in [3.05, 3.63) is 71.3 Å². The molecule has 1 atom stereocenters. The number of hydrogen-bond acceptors (Lipinski definition) is 8. The normalized spacial score (nSPS) is 18.9. The van der Waals surface area contributed by atoms with Gasteiger partial charge in [-0.15, -0.1) is 5.10 Å². The zero-order chi connectivity index (χ0) is 33.4. The molecule has 0 aliphatic carbocycles. The van der Waals surface area contributed by atoms with Crippen molar-refractivity contribution in [1.82, 2.24) is 39.7 Å². The van der Waals surface area contributed by atoms with Crippen LogP contribution in [0, 0.1) is 11.6 Å². The number of nitrogens with zero attached hydrogens (tertiary/aromatic N) is 8. The van der Waals surface area contributed by atoms with E-state index in [4.69, 9.17) is 4.74 Å². The predicted octanol–water partition coefficient (Wildman–Crippen LogP) is 3.88. The highest BCUT2D eigenvalue weighted by Crippen LogP contribution is 2.40. The molecule has 3 aliphatic rings. The minimum Gasteiger partial charge on any atom is -0.493 e. The number of hydrogen-bond donors (Lipinski definition) is 1. The SMILES string of the molecule is COc1cc(F)cnc1N1CCN(C(=O)c2cc3c([C@H]4CCCN4C)cc(C4=CCCN(C(=O)CCn5ccnn5)C4)c(F)c3[nH]2)CC1. The molecule has 3 aliphatic heterocycles. The first-order valence-electron chi connectivity index (χ1n) is 16.4. The summed E-state index contributed by atoms with van der Waals surface area (Å²) in [4.78, 5) is 42.1. The Balaban J connectivity index is 1.14. The van der Waals surface area contributed by atoms with Crippen LogP contribution in [0.15, 0.2) is 42.9 Å². The molecule has 0 unspecified atom stereocenters. The minimum absolute atomic E-state index is 0.0187. The molecule has 2 amide bonds. The molecule has 7 rings (SSSR count). The number of carbonyl (C=O) groups excluding carboxylic acids is 2. The van der Waals surface area contributed by atoms with Gasteiger partial charge in [0.15, 0.2) is 17.4 Å². The van der Waals surface area contributed by atoms with Crippen LogP contribution < -0.4 is 9.64 Å². The molecule has 252 valence electrons. The number of amides is 2. The van der Waals surface area contributed by atoms with Crippen LogP contribution in [0.25, 0.3) is 16.5 Å². The molecule has 14 heteroatoms. The van der Waals surface area contributed by atoms with Gasteiger partial charge in [0.05, 0.1) is 31.6 Å². The maximum atomic E-state index is 16.6. The summed E-state index contributed by atoms with van der Waals surface area (Å²) in [6, 6.07) is 5.10. The van der Waals surface area contributed by atoms with Gasteiger partial charge in [-0.2, -0.15) is 0 Å². The number of fused-ring (bicyclic) bond motifs is 1. The number of rotatable bonds is 8. The van der Waals surface area contributed by atoms with Crippen LogP contribution in [0.4, 0.5) is 14.6 Å². The predicted molar refractivity (Wildman–Crippen MR) is 176 cm³/mol. The molecule has 1 N–H and O–H groups in total. The molecular formula is C34H39F2N9O3. The van der Waals surface area contributed by atoms with Gasteiger partial charge in [-0.25, -0.2) is 13.8 Å². The zero-order valence-electron chi connectivity index (χ0n) is 27.2. The molecule has 0 radical (unpaired) electrons. The summed E-state index contributed by atoms with van der Waals surface area (Å²) in [7, 11) is 3.55. The third-order valence-corrected chi connectivity index (χ3v) is 9.76. The number of methoxy groups -OCH3 is 1. The number of pyridine rings is 1. The molecule has 1 aromatic carbocycles. The summed E-state index contributed by atoms with van der Waals surface area (Å²) in [5.74, 6) is -0.257. The van der Waals surface area contributed by atoms with Crippen molar-refractivity contribution in [2.45, 2.75) is 38.3 Å². The summed E-state index contributed by atoms with van der Waals surface area (Å²) >= 11 is 0.